The van der Waals surface area contributed by atoms with Crippen molar-refractivity contribution in [3.63, 3.8) is 0 Å². The van der Waals surface area contributed by atoms with Crippen molar-refractivity contribution in [2.75, 3.05) is 0 Å². The number of benzene rings is 1. The number of fused-ring (bicyclic) bond motifs is 1. The number of imide groups is 1. The van der Waals surface area contributed by atoms with Crippen LogP contribution in [-0.4, -0.2) is 28.2 Å². The van der Waals surface area contributed by atoms with Crippen molar-refractivity contribution in [3.8, 4) is 0 Å². The van der Waals surface area contributed by atoms with Crippen molar-refractivity contribution in [3.05, 3.63) is 34.9 Å². The monoisotopic (exact) mass is 300 g/mol. The van der Waals surface area contributed by atoms with Crippen LogP contribution in [0, 0.1) is 0 Å². The zero-order valence-electron chi connectivity index (χ0n) is 12.9. The lowest BCUT2D eigenvalue weighted by molar-refractivity contribution is -0.142. The lowest BCUT2D eigenvalue weighted by Crippen LogP contribution is -2.61. The van der Waals surface area contributed by atoms with Gasteiger partial charge in [-0.05, 0) is 30.9 Å². The molecule has 1 aromatic rings. The molecule has 3 rings (SSSR count). The molecular formula is C17H20N2O3. The van der Waals surface area contributed by atoms with E-state index in [4.69, 9.17) is 0 Å². The van der Waals surface area contributed by atoms with Crippen molar-refractivity contribution >= 4 is 17.7 Å². The Morgan fingerprint density at radius 1 is 1.27 bits per heavy atom. The first kappa shape index (κ1) is 14.8. The Bertz CT molecular complexity index is 668. The highest BCUT2D eigenvalue weighted by molar-refractivity contribution is 6.07. The molecule has 1 N–H and O–H groups in total. The number of amides is 3. The van der Waals surface area contributed by atoms with Crippen LogP contribution in [0.15, 0.2) is 18.2 Å². The highest BCUT2D eigenvalue weighted by Crippen LogP contribution is 2.35. The minimum absolute atomic E-state index is 0.0916. The first-order valence-electron chi connectivity index (χ1n) is 7.74. The molecule has 0 radical (unpaired) electrons. The van der Waals surface area contributed by atoms with Crippen molar-refractivity contribution in [1.29, 1.82) is 0 Å². The zero-order valence-corrected chi connectivity index (χ0v) is 12.9. The zero-order chi connectivity index (χ0) is 15.9. The number of carbonyl (C=O) groups excluding carboxylic acids is 3. The number of aryl methyl sites for hydroxylation is 1. The first-order valence-corrected chi connectivity index (χ1v) is 7.74. The van der Waals surface area contributed by atoms with Gasteiger partial charge in [-0.3, -0.25) is 19.7 Å². The predicted molar refractivity (Wildman–Crippen MR) is 81.1 cm³/mol. The molecule has 0 aliphatic carbocycles. The fourth-order valence-corrected chi connectivity index (χ4v) is 3.36. The Labute approximate surface area is 129 Å². The summed E-state index contributed by atoms with van der Waals surface area (Å²) in [5.74, 6) is -0.730. The fourth-order valence-electron chi connectivity index (χ4n) is 3.36. The second-order valence-electron chi connectivity index (χ2n) is 6.24. The summed E-state index contributed by atoms with van der Waals surface area (Å²) in [6.45, 7) is 4.26. The Balaban J connectivity index is 1.96. The van der Waals surface area contributed by atoms with E-state index in [1.54, 1.807) is 11.8 Å². The van der Waals surface area contributed by atoms with E-state index in [2.05, 4.69) is 12.2 Å². The van der Waals surface area contributed by atoms with Crippen LogP contribution >= 0.6 is 0 Å². The normalized spacial score (nSPS) is 24.5. The third-order valence-electron chi connectivity index (χ3n) is 4.72. The second kappa shape index (κ2) is 5.23. The lowest BCUT2D eigenvalue weighted by atomic mass is 9.89. The van der Waals surface area contributed by atoms with Gasteiger partial charge in [0.25, 0.3) is 11.8 Å². The van der Waals surface area contributed by atoms with Crippen molar-refractivity contribution in [2.45, 2.75) is 51.6 Å². The Morgan fingerprint density at radius 3 is 2.73 bits per heavy atom. The molecule has 2 aliphatic rings. The van der Waals surface area contributed by atoms with Gasteiger partial charge in [0.1, 0.15) is 5.54 Å². The summed E-state index contributed by atoms with van der Waals surface area (Å²) in [7, 11) is 0. The minimum Gasteiger partial charge on any atom is -0.320 e. The average Bonchev–Trinajstić information content (AvgIpc) is 2.83. The molecule has 116 valence electrons. The largest absolute Gasteiger partial charge is 0.320 e. The summed E-state index contributed by atoms with van der Waals surface area (Å²) in [6.07, 6.45) is 2.46. The molecule has 1 fully saturated rings. The molecule has 0 spiro atoms. The number of hydrogen-bond donors (Lipinski definition) is 1. The van der Waals surface area contributed by atoms with Crippen molar-refractivity contribution < 1.29 is 14.4 Å². The molecule has 0 aromatic heterocycles. The Kier molecular flexibility index (Phi) is 3.51. The predicted octanol–water partition coefficient (Wildman–Crippen LogP) is 1.79. The molecule has 2 aliphatic heterocycles. The van der Waals surface area contributed by atoms with Gasteiger partial charge >= 0.3 is 0 Å². The molecule has 1 atom stereocenters. The summed E-state index contributed by atoms with van der Waals surface area (Å²) in [6, 6.07) is 5.89. The SMILES string of the molecule is CCCc1cccc2c1C(=O)N([C@@]1(C)CCC(=O)NC1=O)C2. The molecule has 2 heterocycles. The first-order chi connectivity index (χ1) is 10.5. The summed E-state index contributed by atoms with van der Waals surface area (Å²) in [4.78, 5) is 38.2. The number of piperidine rings is 1. The van der Waals surface area contributed by atoms with E-state index in [1.807, 2.05) is 18.2 Å². The molecule has 22 heavy (non-hydrogen) atoms. The van der Waals surface area contributed by atoms with E-state index in [0.29, 0.717) is 13.0 Å². The summed E-state index contributed by atoms with van der Waals surface area (Å²) >= 11 is 0. The van der Waals surface area contributed by atoms with Crippen LogP contribution in [0.4, 0.5) is 0 Å². The fraction of sp³-hybridized carbons (Fsp3) is 0.471. The Morgan fingerprint density at radius 2 is 2.05 bits per heavy atom. The van der Waals surface area contributed by atoms with E-state index >= 15 is 0 Å². The van der Waals surface area contributed by atoms with Crippen molar-refractivity contribution in [1.82, 2.24) is 10.2 Å². The maximum Gasteiger partial charge on any atom is 0.255 e. The third kappa shape index (κ3) is 2.12. The average molecular weight is 300 g/mol. The third-order valence-corrected chi connectivity index (χ3v) is 4.72. The van der Waals surface area contributed by atoms with Gasteiger partial charge in [-0.25, -0.2) is 0 Å². The van der Waals surface area contributed by atoms with Gasteiger partial charge in [0.15, 0.2) is 0 Å². The molecule has 0 saturated carbocycles. The number of rotatable bonds is 3. The minimum atomic E-state index is -0.951. The van der Waals surface area contributed by atoms with E-state index in [0.717, 1.165) is 29.5 Å². The molecular weight excluding hydrogens is 280 g/mol. The summed E-state index contributed by atoms with van der Waals surface area (Å²) < 4.78 is 0. The molecule has 0 bridgehead atoms. The summed E-state index contributed by atoms with van der Waals surface area (Å²) in [5.41, 5.74) is 1.81. The number of hydrogen-bond acceptors (Lipinski definition) is 3. The highest BCUT2D eigenvalue weighted by Gasteiger charge is 2.48. The molecule has 1 aromatic carbocycles. The van der Waals surface area contributed by atoms with Gasteiger partial charge in [-0.15, -0.1) is 0 Å². The van der Waals surface area contributed by atoms with Crippen LogP contribution in [0.5, 0.6) is 0 Å². The molecule has 5 heteroatoms. The number of carbonyl (C=O) groups is 3. The van der Waals surface area contributed by atoms with Gasteiger partial charge in [-0.2, -0.15) is 0 Å². The van der Waals surface area contributed by atoms with Gasteiger partial charge < -0.3 is 4.90 Å². The van der Waals surface area contributed by atoms with E-state index in [-0.39, 0.29) is 24.1 Å². The van der Waals surface area contributed by atoms with Gasteiger partial charge in [0.2, 0.25) is 5.91 Å². The van der Waals surface area contributed by atoms with Crippen LogP contribution in [0.2, 0.25) is 0 Å². The van der Waals surface area contributed by atoms with E-state index < -0.39 is 5.54 Å². The molecule has 3 amide bonds. The second-order valence-corrected chi connectivity index (χ2v) is 6.24. The molecule has 5 nitrogen and oxygen atoms in total. The maximum atomic E-state index is 12.9. The van der Waals surface area contributed by atoms with Crippen molar-refractivity contribution in [2.24, 2.45) is 0 Å². The van der Waals surface area contributed by atoms with Crippen LogP contribution in [0.25, 0.3) is 0 Å². The smallest absolute Gasteiger partial charge is 0.255 e. The van der Waals surface area contributed by atoms with E-state index in [1.165, 1.54) is 0 Å². The van der Waals surface area contributed by atoms with Gasteiger partial charge in [0.05, 0.1) is 0 Å². The highest BCUT2D eigenvalue weighted by atomic mass is 16.2. The van der Waals surface area contributed by atoms with Crippen LogP contribution in [-0.2, 0) is 22.6 Å². The topological polar surface area (TPSA) is 66.5 Å². The Hall–Kier alpha value is -2.17. The molecule has 1 saturated heterocycles. The lowest BCUT2D eigenvalue weighted by Gasteiger charge is -2.39. The summed E-state index contributed by atoms with van der Waals surface area (Å²) in [5, 5.41) is 2.36. The van der Waals surface area contributed by atoms with Gasteiger partial charge in [-0.1, -0.05) is 31.5 Å². The number of nitrogens with zero attached hydrogens (tertiary/aromatic N) is 1. The van der Waals surface area contributed by atoms with E-state index in [9.17, 15) is 14.4 Å². The molecule has 0 unspecified atom stereocenters. The van der Waals surface area contributed by atoms with Crippen LogP contribution in [0.3, 0.4) is 0 Å². The maximum absolute atomic E-state index is 12.9. The van der Waals surface area contributed by atoms with Crippen LogP contribution < -0.4 is 5.32 Å². The standard InChI is InChI=1S/C17H20N2O3/c1-3-5-11-6-4-7-12-10-19(15(21)14(11)12)17(2)9-8-13(20)18-16(17)22/h4,6-7H,3,5,8-10H2,1-2H3,(H,18,20,22)/t17-/m0/s1. The number of nitrogens with one attached hydrogen (secondary N) is 1. The van der Waals surface area contributed by atoms with Crippen LogP contribution in [0.1, 0.15) is 54.6 Å². The quantitative estimate of drug-likeness (QED) is 0.865. The van der Waals surface area contributed by atoms with Gasteiger partial charge in [0, 0.05) is 18.5 Å².